The topological polar surface area (TPSA) is 71.1 Å². The smallest absolute Gasteiger partial charge is 0.150 e. The molecule has 0 bridgehead atoms. The first kappa shape index (κ1) is 20.8. The molecule has 128 valence electrons. The Morgan fingerprint density at radius 1 is 0.762 bits per heavy atom. The Kier molecular flexibility index (Phi) is 12.2. The highest BCUT2D eigenvalue weighted by Gasteiger charge is 2.15. The van der Waals surface area contributed by atoms with Gasteiger partial charge < -0.3 is 18.9 Å². The van der Waals surface area contributed by atoms with Gasteiger partial charge in [0.1, 0.15) is 0 Å². The molecule has 0 aromatic heterocycles. The largest absolute Gasteiger partial charge is 0.382 e. The fourth-order valence-corrected chi connectivity index (χ4v) is 3.21. The molecule has 2 atom stereocenters. The van der Waals surface area contributed by atoms with Crippen LogP contribution in [0.3, 0.4) is 0 Å². The average molecular weight is 326 g/mol. The van der Waals surface area contributed by atoms with Gasteiger partial charge in [0.2, 0.25) is 0 Å². The third-order valence-corrected chi connectivity index (χ3v) is 4.77. The van der Waals surface area contributed by atoms with E-state index in [0.29, 0.717) is 39.3 Å². The van der Waals surface area contributed by atoms with Crippen molar-refractivity contribution in [3.8, 4) is 0 Å². The van der Waals surface area contributed by atoms with E-state index in [0.717, 1.165) is 0 Å². The summed E-state index contributed by atoms with van der Waals surface area (Å²) in [6.45, 7) is 5.77. The van der Waals surface area contributed by atoms with Gasteiger partial charge in [0, 0.05) is 14.2 Å². The van der Waals surface area contributed by atoms with Crippen LogP contribution in [0.5, 0.6) is 0 Å². The van der Waals surface area contributed by atoms with Crippen LogP contribution in [0.2, 0.25) is 0 Å². The molecule has 0 saturated carbocycles. The van der Waals surface area contributed by atoms with Crippen molar-refractivity contribution in [3.63, 3.8) is 0 Å². The van der Waals surface area contributed by atoms with Crippen molar-refractivity contribution < 1.29 is 27.4 Å². The molecule has 6 nitrogen and oxygen atoms in total. The maximum atomic E-state index is 11.9. The second-order valence-electron chi connectivity index (χ2n) is 5.08. The van der Waals surface area contributed by atoms with Crippen LogP contribution in [0.1, 0.15) is 26.7 Å². The summed E-state index contributed by atoms with van der Waals surface area (Å²) in [5.41, 5.74) is 0. The zero-order valence-electron chi connectivity index (χ0n) is 13.7. The van der Waals surface area contributed by atoms with Gasteiger partial charge in [-0.1, -0.05) is 0 Å². The standard InChI is InChI=1S/C14H30O6S/c1-13(19-9-7-17-3)5-11-21(15,16)12-6-14(2)20-10-8-18-4/h13-14H,5-12H2,1-4H3. The van der Waals surface area contributed by atoms with Gasteiger partial charge in [-0.2, -0.15) is 0 Å². The van der Waals surface area contributed by atoms with Crippen molar-refractivity contribution in [1.29, 1.82) is 0 Å². The van der Waals surface area contributed by atoms with E-state index >= 15 is 0 Å². The molecule has 0 saturated heterocycles. The van der Waals surface area contributed by atoms with Gasteiger partial charge in [-0.3, -0.25) is 0 Å². The second kappa shape index (κ2) is 12.3. The predicted molar refractivity (Wildman–Crippen MR) is 82.5 cm³/mol. The molecule has 0 aromatic carbocycles. The summed E-state index contributed by atoms with van der Waals surface area (Å²) in [6, 6.07) is 0. The number of rotatable bonds is 14. The van der Waals surface area contributed by atoms with Crippen LogP contribution in [0.25, 0.3) is 0 Å². The van der Waals surface area contributed by atoms with E-state index < -0.39 is 9.84 Å². The minimum atomic E-state index is -3.06. The van der Waals surface area contributed by atoms with Gasteiger partial charge in [0.15, 0.2) is 9.84 Å². The van der Waals surface area contributed by atoms with Gasteiger partial charge in [0.05, 0.1) is 50.1 Å². The highest BCUT2D eigenvalue weighted by molar-refractivity contribution is 7.91. The van der Waals surface area contributed by atoms with Gasteiger partial charge in [-0.25, -0.2) is 8.42 Å². The summed E-state index contributed by atoms with van der Waals surface area (Å²) in [7, 11) is 0.156. The molecule has 0 aliphatic heterocycles. The molecule has 2 unspecified atom stereocenters. The molecular formula is C14H30O6S. The van der Waals surface area contributed by atoms with Crippen LogP contribution in [-0.4, -0.2) is 72.8 Å². The lowest BCUT2D eigenvalue weighted by atomic mass is 10.3. The SMILES string of the molecule is COCCOC(C)CCS(=O)(=O)CCC(C)OCCOC. The van der Waals surface area contributed by atoms with Crippen LogP contribution in [0, 0.1) is 0 Å². The van der Waals surface area contributed by atoms with E-state index in [1.54, 1.807) is 14.2 Å². The summed E-state index contributed by atoms with van der Waals surface area (Å²) in [5, 5.41) is 0. The summed E-state index contributed by atoms with van der Waals surface area (Å²) in [5.74, 6) is 0.290. The summed E-state index contributed by atoms with van der Waals surface area (Å²) in [4.78, 5) is 0. The van der Waals surface area contributed by atoms with Crippen molar-refractivity contribution in [1.82, 2.24) is 0 Å². The zero-order valence-corrected chi connectivity index (χ0v) is 14.5. The third-order valence-electron chi connectivity index (χ3n) is 3.05. The maximum Gasteiger partial charge on any atom is 0.150 e. The first-order valence-corrected chi connectivity index (χ1v) is 9.15. The molecule has 0 aliphatic rings. The van der Waals surface area contributed by atoms with E-state index in [4.69, 9.17) is 18.9 Å². The Morgan fingerprint density at radius 2 is 1.14 bits per heavy atom. The Labute approximate surface area is 129 Å². The lowest BCUT2D eigenvalue weighted by Crippen LogP contribution is -2.22. The quantitative estimate of drug-likeness (QED) is 0.448. The number of ether oxygens (including phenoxy) is 4. The zero-order chi connectivity index (χ0) is 16.1. The van der Waals surface area contributed by atoms with Crippen molar-refractivity contribution in [2.24, 2.45) is 0 Å². The van der Waals surface area contributed by atoms with E-state index in [1.807, 2.05) is 13.8 Å². The van der Waals surface area contributed by atoms with E-state index in [9.17, 15) is 8.42 Å². The second-order valence-corrected chi connectivity index (χ2v) is 7.38. The number of hydrogen-bond acceptors (Lipinski definition) is 6. The first-order chi connectivity index (χ1) is 9.91. The van der Waals surface area contributed by atoms with Gasteiger partial charge >= 0.3 is 0 Å². The minimum absolute atomic E-state index is 0.0784. The molecular weight excluding hydrogens is 296 g/mol. The highest BCUT2D eigenvalue weighted by atomic mass is 32.2. The highest BCUT2D eigenvalue weighted by Crippen LogP contribution is 2.06. The molecule has 0 fully saturated rings. The minimum Gasteiger partial charge on any atom is -0.382 e. The first-order valence-electron chi connectivity index (χ1n) is 7.32. The maximum absolute atomic E-state index is 11.9. The summed E-state index contributed by atoms with van der Waals surface area (Å²) < 4.78 is 44.5. The number of hydrogen-bond donors (Lipinski definition) is 0. The Bertz CT molecular complexity index is 304. The van der Waals surface area contributed by atoms with E-state index in [1.165, 1.54) is 0 Å². The molecule has 7 heteroatoms. The van der Waals surface area contributed by atoms with Crippen molar-refractivity contribution in [2.45, 2.75) is 38.9 Å². The summed E-state index contributed by atoms with van der Waals surface area (Å²) in [6.07, 6.45) is 0.853. The lowest BCUT2D eigenvalue weighted by Gasteiger charge is -2.15. The van der Waals surface area contributed by atoms with Crippen molar-refractivity contribution >= 4 is 9.84 Å². The van der Waals surface area contributed by atoms with Crippen LogP contribution >= 0.6 is 0 Å². The molecule has 0 spiro atoms. The Balaban J connectivity index is 3.82. The van der Waals surface area contributed by atoms with E-state index in [-0.39, 0.29) is 23.7 Å². The van der Waals surface area contributed by atoms with Crippen molar-refractivity contribution in [2.75, 3.05) is 52.2 Å². The Hall–Kier alpha value is -0.210. The molecule has 0 aromatic rings. The Morgan fingerprint density at radius 3 is 1.48 bits per heavy atom. The molecule has 0 radical (unpaired) electrons. The third kappa shape index (κ3) is 13.2. The summed E-state index contributed by atoms with van der Waals surface area (Å²) >= 11 is 0. The fraction of sp³-hybridized carbons (Fsp3) is 1.00. The van der Waals surface area contributed by atoms with Crippen LogP contribution in [0.15, 0.2) is 0 Å². The molecule has 0 rings (SSSR count). The molecule has 0 aliphatic carbocycles. The van der Waals surface area contributed by atoms with Gasteiger partial charge in [-0.15, -0.1) is 0 Å². The van der Waals surface area contributed by atoms with Crippen LogP contribution < -0.4 is 0 Å². The predicted octanol–water partition coefficient (Wildman–Crippen LogP) is 1.28. The number of methoxy groups -OCH3 is 2. The lowest BCUT2D eigenvalue weighted by molar-refractivity contribution is 0.0245. The molecule has 0 heterocycles. The number of sulfone groups is 1. The van der Waals surface area contributed by atoms with Crippen LogP contribution in [-0.2, 0) is 28.8 Å². The normalized spacial score (nSPS) is 15.0. The van der Waals surface area contributed by atoms with Gasteiger partial charge in [0.25, 0.3) is 0 Å². The van der Waals surface area contributed by atoms with Crippen LogP contribution in [0.4, 0.5) is 0 Å². The molecule has 0 amide bonds. The monoisotopic (exact) mass is 326 g/mol. The average Bonchev–Trinajstić information content (AvgIpc) is 2.44. The molecule has 0 N–H and O–H groups in total. The van der Waals surface area contributed by atoms with Crippen molar-refractivity contribution in [3.05, 3.63) is 0 Å². The van der Waals surface area contributed by atoms with E-state index in [2.05, 4.69) is 0 Å². The van der Waals surface area contributed by atoms with Gasteiger partial charge in [-0.05, 0) is 26.7 Å². The fourth-order valence-electron chi connectivity index (χ4n) is 1.63. The molecule has 21 heavy (non-hydrogen) atoms.